The number of nitrogens with zero attached hydrogens (tertiary/aromatic N) is 2. The minimum absolute atomic E-state index is 0.0469. The Kier molecular flexibility index (Phi) is 6.75. The number of hydrogen-bond acceptors (Lipinski definition) is 4. The van der Waals surface area contributed by atoms with E-state index in [2.05, 4.69) is 29.0 Å². The number of amides is 1. The van der Waals surface area contributed by atoms with Crippen molar-refractivity contribution in [3.8, 4) is 0 Å². The Bertz CT molecular complexity index is 429. The molecule has 1 unspecified atom stereocenters. The summed E-state index contributed by atoms with van der Waals surface area (Å²) in [5, 5.41) is 3.27. The molecule has 25 heavy (non-hydrogen) atoms. The first-order valence-corrected chi connectivity index (χ1v) is 10.5. The fourth-order valence-corrected chi connectivity index (χ4v) is 4.88. The fourth-order valence-electron chi connectivity index (χ4n) is 4.88. The Morgan fingerprint density at radius 2 is 1.84 bits per heavy atom. The average Bonchev–Trinajstić information content (AvgIpc) is 3.11. The van der Waals surface area contributed by atoms with E-state index in [1.54, 1.807) is 0 Å². The van der Waals surface area contributed by atoms with Crippen LogP contribution in [0.1, 0.15) is 65.2 Å². The van der Waals surface area contributed by atoms with Crippen LogP contribution in [0.3, 0.4) is 0 Å². The molecule has 144 valence electrons. The third-order valence-corrected chi connectivity index (χ3v) is 6.49. The van der Waals surface area contributed by atoms with E-state index in [1.165, 1.54) is 58.0 Å². The third kappa shape index (κ3) is 4.95. The van der Waals surface area contributed by atoms with Crippen LogP contribution in [0.4, 0.5) is 0 Å². The van der Waals surface area contributed by atoms with Crippen molar-refractivity contribution < 1.29 is 9.53 Å². The molecular weight excluding hydrogens is 314 g/mol. The highest BCUT2D eigenvalue weighted by Gasteiger charge is 2.40. The maximum Gasteiger partial charge on any atom is 0.222 e. The highest BCUT2D eigenvalue weighted by Crippen LogP contribution is 2.36. The van der Waals surface area contributed by atoms with Crippen molar-refractivity contribution in [3.05, 3.63) is 0 Å². The Labute approximate surface area is 153 Å². The molecule has 5 heteroatoms. The molecule has 0 aromatic heterocycles. The molecule has 2 aliphatic heterocycles. The van der Waals surface area contributed by atoms with Crippen LogP contribution in [0.5, 0.6) is 0 Å². The molecule has 1 atom stereocenters. The van der Waals surface area contributed by atoms with Gasteiger partial charge < -0.3 is 10.1 Å². The lowest BCUT2D eigenvalue weighted by Crippen LogP contribution is -2.56. The highest BCUT2D eigenvalue weighted by atomic mass is 16.5. The number of ether oxygens (including phenoxy) is 1. The lowest BCUT2D eigenvalue weighted by Gasteiger charge is -2.44. The number of hydrogen-bond donors (Lipinski definition) is 1. The predicted molar refractivity (Wildman–Crippen MR) is 101 cm³/mol. The van der Waals surface area contributed by atoms with E-state index in [4.69, 9.17) is 4.74 Å². The van der Waals surface area contributed by atoms with Crippen molar-refractivity contribution in [2.24, 2.45) is 0 Å². The molecule has 3 fully saturated rings. The van der Waals surface area contributed by atoms with Crippen LogP contribution in [0.2, 0.25) is 0 Å². The summed E-state index contributed by atoms with van der Waals surface area (Å²) in [6.45, 7) is 10.3. The number of morpholine rings is 1. The topological polar surface area (TPSA) is 44.8 Å². The number of likely N-dealkylation sites (tertiary alicyclic amines) is 1. The molecule has 1 N–H and O–H groups in total. The van der Waals surface area contributed by atoms with Gasteiger partial charge in [-0.2, -0.15) is 0 Å². The summed E-state index contributed by atoms with van der Waals surface area (Å²) in [6, 6.07) is 0.523. The van der Waals surface area contributed by atoms with Crippen molar-refractivity contribution in [2.75, 3.05) is 39.3 Å². The van der Waals surface area contributed by atoms with Crippen molar-refractivity contribution in [2.45, 2.75) is 82.9 Å². The predicted octanol–water partition coefficient (Wildman–Crippen LogP) is 2.40. The first kappa shape index (κ1) is 19.1. The standard InChI is InChI=1S/C20H37N3O2/c1-17(2)22-12-13-25-18(15-22)14-19(24)21-16-20(8-4-5-9-20)23-10-6-3-7-11-23/h17-18H,3-16H2,1-2H3,(H,21,24). The molecule has 3 aliphatic rings. The molecule has 1 aliphatic carbocycles. The maximum absolute atomic E-state index is 12.5. The van der Waals surface area contributed by atoms with Gasteiger partial charge in [0.15, 0.2) is 0 Å². The van der Waals surface area contributed by atoms with Crippen molar-refractivity contribution in [1.29, 1.82) is 0 Å². The lowest BCUT2D eigenvalue weighted by molar-refractivity contribution is -0.127. The molecule has 1 amide bonds. The Hall–Kier alpha value is -0.650. The van der Waals surface area contributed by atoms with E-state index in [0.29, 0.717) is 12.5 Å². The zero-order valence-corrected chi connectivity index (χ0v) is 16.3. The van der Waals surface area contributed by atoms with Crippen LogP contribution in [-0.4, -0.2) is 72.7 Å². The molecule has 2 saturated heterocycles. The summed E-state index contributed by atoms with van der Waals surface area (Å²) in [7, 11) is 0. The van der Waals surface area contributed by atoms with Gasteiger partial charge in [0, 0.05) is 31.2 Å². The maximum atomic E-state index is 12.5. The monoisotopic (exact) mass is 351 g/mol. The number of carbonyl (C=O) groups excluding carboxylic acids is 1. The summed E-state index contributed by atoms with van der Waals surface area (Å²) < 4.78 is 5.83. The van der Waals surface area contributed by atoms with Crippen molar-refractivity contribution in [3.63, 3.8) is 0 Å². The summed E-state index contributed by atoms with van der Waals surface area (Å²) in [5.41, 5.74) is 0.230. The Morgan fingerprint density at radius 3 is 2.52 bits per heavy atom. The van der Waals surface area contributed by atoms with Crippen LogP contribution in [-0.2, 0) is 9.53 Å². The van der Waals surface area contributed by atoms with Crippen molar-refractivity contribution >= 4 is 5.91 Å². The van der Waals surface area contributed by atoms with E-state index in [0.717, 1.165) is 26.2 Å². The van der Waals surface area contributed by atoms with E-state index >= 15 is 0 Å². The van der Waals surface area contributed by atoms with Gasteiger partial charge in [-0.05, 0) is 52.6 Å². The quantitative estimate of drug-likeness (QED) is 0.798. The van der Waals surface area contributed by atoms with E-state index in [9.17, 15) is 4.79 Å². The molecular formula is C20H37N3O2. The molecule has 0 spiro atoms. The molecule has 3 rings (SSSR count). The molecule has 5 nitrogen and oxygen atoms in total. The van der Waals surface area contributed by atoms with Crippen LogP contribution in [0, 0.1) is 0 Å². The summed E-state index contributed by atoms with van der Waals surface area (Å²) in [5.74, 6) is 0.166. The number of carbonyl (C=O) groups is 1. The van der Waals surface area contributed by atoms with Crippen LogP contribution < -0.4 is 5.32 Å². The molecule has 0 aromatic carbocycles. The Balaban J connectivity index is 1.48. The average molecular weight is 352 g/mol. The first-order chi connectivity index (χ1) is 12.1. The van der Waals surface area contributed by atoms with Gasteiger partial charge in [0.25, 0.3) is 0 Å². The number of rotatable bonds is 6. The largest absolute Gasteiger partial charge is 0.375 e. The lowest BCUT2D eigenvalue weighted by atomic mass is 9.92. The molecule has 2 heterocycles. The van der Waals surface area contributed by atoms with Gasteiger partial charge in [0.2, 0.25) is 5.91 Å². The normalized spacial score (nSPS) is 28.4. The Morgan fingerprint density at radius 1 is 1.12 bits per heavy atom. The van der Waals surface area contributed by atoms with E-state index in [1.807, 2.05) is 0 Å². The molecule has 0 bridgehead atoms. The zero-order valence-electron chi connectivity index (χ0n) is 16.3. The SMILES string of the molecule is CC(C)N1CCOC(CC(=O)NCC2(N3CCCCC3)CCCC2)C1. The first-order valence-electron chi connectivity index (χ1n) is 10.5. The van der Waals surface area contributed by atoms with E-state index < -0.39 is 0 Å². The molecule has 0 aromatic rings. The number of piperidine rings is 1. The summed E-state index contributed by atoms with van der Waals surface area (Å²) >= 11 is 0. The molecule has 1 saturated carbocycles. The van der Waals surface area contributed by atoms with Gasteiger partial charge in [-0.1, -0.05) is 19.3 Å². The molecule has 0 radical (unpaired) electrons. The van der Waals surface area contributed by atoms with Gasteiger partial charge in [-0.15, -0.1) is 0 Å². The van der Waals surface area contributed by atoms with Gasteiger partial charge >= 0.3 is 0 Å². The second-order valence-electron chi connectivity index (χ2n) is 8.54. The van der Waals surface area contributed by atoms with Gasteiger partial charge in [0.1, 0.15) is 0 Å². The van der Waals surface area contributed by atoms with Crippen LogP contribution >= 0.6 is 0 Å². The summed E-state index contributed by atoms with van der Waals surface area (Å²) in [6.07, 6.45) is 9.65. The second kappa shape index (κ2) is 8.83. The van der Waals surface area contributed by atoms with Crippen molar-refractivity contribution in [1.82, 2.24) is 15.1 Å². The smallest absolute Gasteiger partial charge is 0.222 e. The minimum atomic E-state index is 0.0469. The van der Waals surface area contributed by atoms with Gasteiger partial charge in [0.05, 0.1) is 19.1 Å². The number of nitrogens with one attached hydrogen (secondary N) is 1. The zero-order chi connectivity index (χ0) is 17.7. The van der Waals surface area contributed by atoms with Gasteiger partial charge in [-0.3, -0.25) is 14.6 Å². The van der Waals surface area contributed by atoms with Crippen LogP contribution in [0.15, 0.2) is 0 Å². The minimum Gasteiger partial charge on any atom is -0.375 e. The third-order valence-electron chi connectivity index (χ3n) is 6.49. The second-order valence-corrected chi connectivity index (χ2v) is 8.54. The highest BCUT2D eigenvalue weighted by molar-refractivity contribution is 5.76. The summed E-state index contributed by atoms with van der Waals surface area (Å²) in [4.78, 5) is 17.6. The van der Waals surface area contributed by atoms with E-state index in [-0.39, 0.29) is 17.6 Å². The van der Waals surface area contributed by atoms with Gasteiger partial charge in [-0.25, -0.2) is 0 Å². The fraction of sp³-hybridized carbons (Fsp3) is 0.950. The van der Waals surface area contributed by atoms with Crippen LogP contribution in [0.25, 0.3) is 0 Å².